The number of ether oxygens (including phenoxy) is 1. The van der Waals surface area contributed by atoms with Crippen LogP contribution < -0.4 is 4.74 Å². The lowest BCUT2D eigenvalue weighted by Crippen LogP contribution is -2.51. The van der Waals surface area contributed by atoms with Gasteiger partial charge in [0.15, 0.2) is 0 Å². The maximum atomic E-state index is 10.9. The van der Waals surface area contributed by atoms with Gasteiger partial charge in [0.25, 0.3) is 0 Å². The summed E-state index contributed by atoms with van der Waals surface area (Å²) in [5.41, 5.74) is 0.294. The molecule has 1 aromatic carbocycles. The van der Waals surface area contributed by atoms with Gasteiger partial charge in [-0.05, 0) is 37.9 Å². The van der Waals surface area contributed by atoms with Crippen molar-refractivity contribution in [3.8, 4) is 5.75 Å². The third-order valence-corrected chi connectivity index (χ3v) is 4.51. The second kappa shape index (κ2) is 6.72. The van der Waals surface area contributed by atoms with Gasteiger partial charge in [0, 0.05) is 26.0 Å². The van der Waals surface area contributed by atoms with Gasteiger partial charge in [-0.15, -0.1) is 0 Å². The van der Waals surface area contributed by atoms with Crippen molar-refractivity contribution in [2.24, 2.45) is 7.05 Å². The SMILES string of the molecule is Cc1ccccc1OC[C@@]1(O)CCCN(Cc2nccn2C)C1. The van der Waals surface area contributed by atoms with Crippen molar-refractivity contribution in [1.29, 1.82) is 0 Å². The summed E-state index contributed by atoms with van der Waals surface area (Å²) in [6.45, 7) is 4.71. The minimum atomic E-state index is -0.800. The number of likely N-dealkylation sites (tertiary alicyclic amines) is 1. The van der Waals surface area contributed by atoms with Crippen molar-refractivity contribution in [2.75, 3.05) is 19.7 Å². The topological polar surface area (TPSA) is 50.5 Å². The summed E-state index contributed by atoms with van der Waals surface area (Å²) < 4.78 is 7.91. The zero-order valence-corrected chi connectivity index (χ0v) is 13.9. The molecule has 1 fully saturated rings. The van der Waals surface area contributed by atoms with Gasteiger partial charge in [0.1, 0.15) is 23.8 Å². The first-order chi connectivity index (χ1) is 11.1. The lowest BCUT2D eigenvalue weighted by molar-refractivity contribution is -0.0628. The fourth-order valence-corrected chi connectivity index (χ4v) is 3.14. The molecule has 0 amide bonds. The molecule has 1 atom stereocenters. The van der Waals surface area contributed by atoms with E-state index in [9.17, 15) is 5.11 Å². The average molecular weight is 315 g/mol. The molecule has 3 rings (SSSR count). The van der Waals surface area contributed by atoms with Gasteiger partial charge in [0.05, 0.1) is 6.54 Å². The number of aromatic nitrogens is 2. The van der Waals surface area contributed by atoms with E-state index in [1.54, 1.807) is 0 Å². The minimum absolute atomic E-state index is 0.328. The number of benzene rings is 1. The predicted octanol–water partition coefficient (Wildman–Crippen LogP) is 2.13. The van der Waals surface area contributed by atoms with Crippen molar-refractivity contribution in [3.63, 3.8) is 0 Å². The van der Waals surface area contributed by atoms with Crippen LogP contribution in [0.1, 0.15) is 24.2 Å². The van der Waals surface area contributed by atoms with Gasteiger partial charge >= 0.3 is 0 Å². The quantitative estimate of drug-likeness (QED) is 0.918. The molecule has 5 heteroatoms. The van der Waals surface area contributed by atoms with E-state index in [0.29, 0.717) is 13.2 Å². The Morgan fingerprint density at radius 1 is 1.35 bits per heavy atom. The summed E-state index contributed by atoms with van der Waals surface area (Å²) in [7, 11) is 2.00. The van der Waals surface area contributed by atoms with Gasteiger partial charge in [-0.25, -0.2) is 4.98 Å². The highest BCUT2D eigenvalue weighted by Crippen LogP contribution is 2.25. The van der Waals surface area contributed by atoms with Gasteiger partial charge in [-0.1, -0.05) is 18.2 Å². The van der Waals surface area contributed by atoms with E-state index in [1.807, 2.05) is 55.2 Å². The molecule has 0 bridgehead atoms. The second-order valence-electron chi connectivity index (χ2n) is 6.55. The van der Waals surface area contributed by atoms with E-state index < -0.39 is 5.60 Å². The van der Waals surface area contributed by atoms with Crippen LogP contribution in [-0.4, -0.2) is 44.9 Å². The molecular weight excluding hydrogens is 290 g/mol. The standard InChI is InChI=1S/C18H25N3O2/c1-15-6-3-4-7-16(15)23-14-18(22)8-5-10-21(13-18)12-17-19-9-11-20(17)2/h3-4,6-7,9,11,22H,5,8,10,12-14H2,1-2H3/t18-/m1/s1. The predicted molar refractivity (Wildman–Crippen MR) is 89.3 cm³/mol. The molecule has 1 aromatic heterocycles. The normalized spacial score (nSPS) is 22.2. The highest BCUT2D eigenvalue weighted by Gasteiger charge is 2.34. The van der Waals surface area contributed by atoms with Crippen LogP contribution in [-0.2, 0) is 13.6 Å². The summed E-state index contributed by atoms with van der Waals surface area (Å²) in [5.74, 6) is 1.87. The Morgan fingerprint density at radius 3 is 2.91 bits per heavy atom. The van der Waals surface area contributed by atoms with E-state index in [4.69, 9.17) is 4.74 Å². The van der Waals surface area contributed by atoms with E-state index >= 15 is 0 Å². The molecule has 1 aliphatic heterocycles. The molecule has 0 spiro atoms. The number of rotatable bonds is 5. The molecule has 1 aliphatic rings. The van der Waals surface area contributed by atoms with Crippen LogP contribution in [0.4, 0.5) is 0 Å². The number of imidazole rings is 1. The number of hydrogen-bond acceptors (Lipinski definition) is 4. The van der Waals surface area contributed by atoms with Gasteiger partial charge in [0.2, 0.25) is 0 Å². The summed E-state index contributed by atoms with van der Waals surface area (Å²) in [4.78, 5) is 6.63. The highest BCUT2D eigenvalue weighted by molar-refractivity contribution is 5.31. The molecule has 5 nitrogen and oxygen atoms in total. The number of piperidine rings is 1. The summed E-state index contributed by atoms with van der Waals surface area (Å²) >= 11 is 0. The smallest absolute Gasteiger partial charge is 0.122 e. The Hall–Kier alpha value is -1.85. The molecule has 23 heavy (non-hydrogen) atoms. The van der Waals surface area contributed by atoms with E-state index in [2.05, 4.69) is 9.88 Å². The Labute approximate surface area is 137 Å². The van der Waals surface area contributed by atoms with Crippen LogP contribution in [0.15, 0.2) is 36.7 Å². The zero-order chi connectivity index (χ0) is 16.3. The molecule has 1 saturated heterocycles. The highest BCUT2D eigenvalue weighted by atomic mass is 16.5. The largest absolute Gasteiger partial charge is 0.490 e. The van der Waals surface area contributed by atoms with Crippen LogP contribution in [0.2, 0.25) is 0 Å². The van der Waals surface area contributed by atoms with Crippen molar-refractivity contribution < 1.29 is 9.84 Å². The van der Waals surface area contributed by atoms with Crippen LogP contribution >= 0.6 is 0 Å². The zero-order valence-electron chi connectivity index (χ0n) is 13.9. The summed E-state index contributed by atoms with van der Waals surface area (Å²) in [5, 5.41) is 10.9. The molecular formula is C18H25N3O2. The van der Waals surface area contributed by atoms with Gasteiger partial charge in [-0.2, -0.15) is 0 Å². The Bertz CT molecular complexity index is 655. The Morgan fingerprint density at radius 2 is 2.17 bits per heavy atom. The van der Waals surface area contributed by atoms with E-state index in [-0.39, 0.29) is 0 Å². The fourth-order valence-electron chi connectivity index (χ4n) is 3.14. The molecule has 0 unspecified atom stereocenters. The average Bonchev–Trinajstić information content (AvgIpc) is 2.92. The first-order valence-electron chi connectivity index (χ1n) is 8.15. The number of hydrogen-bond donors (Lipinski definition) is 1. The summed E-state index contributed by atoms with van der Waals surface area (Å²) in [6, 6.07) is 7.92. The molecule has 124 valence electrons. The lowest BCUT2D eigenvalue weighted by atomic mass is 9.93. The number of β-amino-alcohol motifs (C(OH)–C–C–N with tert-alkyl or cyclic N) is 1. The number of nitrogens with zero attached hydrogens (tertiary/aromatic N) is 3. The Kier molecular flexibility index (Phi) is 4.68. The monoisotopic (exact) mass is 315 g/mol. The Balaban J connectivity index is 1.60. The number of aliphatic hydroxyl groups is 1. The first kappa shape index (κ1) is 16.0. The fraction of sp³-hybridized carbons (Fsp3) is 0.500. The number of para-hydroxylation sites is 1. The third-order valence-electron chi connectivity index (χ3n) is 4.51. The van der Waals surface area contributed by atoms with Crippen molar-refractivity contribution >= 4 is 0 Å². The first-order valence-corrected chi connectivity index (χ1v) is 8.15. The minimum Gasteiger partial charge on any atom is -0.490 e. The maximum Gasteiger partial charge on any atom is 0.122 e. The van der Waals surface area contributed by atoms with Crippen LogP contribution in [0, 0.1) is 6.92 Å². The molecule has 2 heterocycles. The van der Waals surface area contributed by atoms with Crippen molar-refractivity contribution in [3.05, 3.63) is 48.0 Å². The van der Waals surface area contributed by atoms with Gasteiger partial charge in [-0.3, -0.25) is 4.90 Å². The molecule has 0 radical (unpaired) electrons. The van der Waals surface area contributed by atoms with Crippen LogP contribution in [0.5, 0.6) is 5.75 Å². The molecule has 2 aromatic rings. The second-order valence-corrected chi connectivity index (χ2v) is 6.55. The van der Waals surface area contributed by atoms with E-state index in [1.165, 1.54) is 0 Å². The molecule has 0 saturated carbocycles. The summed E-state index contributed by atoms with van der Waals surface area (Å²) in [6.07, 6.45) is 5.51. The van der Waals surface area contributed by atoms with Crippen LogP contribution in [0.25, 0.3) is 0 Å². The maximum absolute atomic E-state index is 10.9. The van der Waals surface area contributed by atoms with Gasteiger partial charge < -0.3 is 14.4 Å². The number of aryl methyl sites for hydroxylation is 2. The van der Waals surface area contributed by atoms with Crippen molar-refractivity contribution in [1.82, 2.24) is 14.5 Å². The third kappa shape index (κ3) is 3.92. The van der Waals surface area contributed by atoms with Crippen molar-refractivity contribution in [2.45, 2.75) is 31.9 Å². The lowest BCUT2D eigenvalue weighted by Gasteiger charge is -2.38. The van der Waals surface area contributed by atoms with E-state index in [0.717, 1.165) is 43.1 Å². The van der Waals surface area contributed by atoms with Crippen LogP contribution in [0.3, 0.4) is 0 Å². The molecule has 0 aliphatic carbocycles. The molecule has 1 N–H and O–H groups in total.